The van der Waals surface area contributed by atoms with Gasteiger partial charge < -0.3 is 26.0 Å². The second-order valence-corrected chi connectivity index (χ2v) is 9.01. The number of hydrogen-bond donors (Lipinski definition) is 4. The van der Waals surface area contributed by atoms with Gasteiger partial charge in [0.1, 0.15) is 0 Å². The summed E-state index contributed by atoms with van der Waals surface area (Å²) in [6.07, 6.45) is 2.09. The van der Waals surface area contributed by atoms with Gasteiger partial charge in [-0.2, -0.15) is 0 Å². The van der Waals surface area contributed by atoms with Crippen LogP contribution < -0.4 is 21.3 Å². The number of ether oxygens (including phenoxy) is 1. The average molecular weight is 501 g/mol. The Bertz CT molecular complexity index is 1210. The summed E-state index contributed by atoms with van der Waals surface area (Å²) < 4.78 is 5.52. The van der Waals surface area contributed by atoms with Crippen LogP contribution in [0.25, 0.3) is 0 Å². The molecule has 8 nitrogen and oxygen atoms in total. The summed E-state index contributed by atoms with van der Waals surface area (Å²) in [6.45, 7) is 3.22. The molecule has 1 aliphatic rings. The highest BCUT2D eigenvalue weighted by molar-refractivity contribution is 5.98. The number of anilines is 2. The average Bonchev–Trinajstić information content (AvgIpc) is 3.45. The van der Waals surface area contributed by atoms with Crippen LogP contribution >= 0.6 is 0 Å². The van der Waals surface area contributed by atoms with Gasteiger partial charge in [-0.3, -0.25) is 14.4 Å². The highest BCUT2D eigenvalue weighted by Gasteiger charge is 2.17. The number of amides is 3. The van der Waals surface area contributed by atoms with E-state index in [9.17, 15) is 14.4 Å². The molecule has 3 amide bonds. The molecule has 0 aromatic heterocycles. The van der Waals surface area contributed by atoms with Crippen molar-refractivity contribution >= 4 is 29.1 Å². The fraction of sp³-hybridized carbons (Fsp3) is 0.276. The van der Waals surface area contributed by atoms with Gasteiger partial charge in [-0.05, 0) is 67.8 Å². The first kappa shape index (κ1) is 25.9. The van der Waals surface area contributed by atoms with E-state index in [1.165, 1.54) is 0 Å². The molecule has 3 aromatic carbocycles. The lowest BCUT2D eigenvalue weighted by atomic mass is 10.1. The Morgan fingerprint density at radius 3 is 2.41 bits per heavy atom. The summed E-state index contributed by atoms with van der Waals surface area (Å²) in [5.74, 6) is -0.624. The highest BCUT2D eigenvalue weighted by Crippen LogP contribution is 2.16. The van der Waals surface area contributed by atoms with E-state index in [-0.39, 0.29) is 36.4 Å². The lowest BCUT2D eigenvalue weighted by Crippen LogP contribution is -2.31. The van der Waals surface area contributed by atoms with Crippen LogP contribution in [-0.4, -0.2) is 43.5 Å². The van der Waals surface area contributed by atoms with Crippen molar-refractivity contribution in [1.82, 2.24) is 10.6 Å². The summed E-state index contributed by atoms with van der Waals surface area (Å²) >= 11 is 0. The van der Waals surface area contributed by atoms with E-state index in [0.717, 1.165) is 25.0 Å². The number of nitrogens with one attached hydrogen (secondary N) is 4. The molecule has 1 fully saturated rings. The molecule has 37 heavy (non-hydrogen) atoms. The minimum atomic E-state index is -0.256. The van der Waals surface area contributed by atoms with Crippen molar-refractivity contribution < 1.29 is 19.1 Å². The van der Waals surface area contributed by atoms with Gasteiger partial charge >= 0.3 is 0 Å². The maximum absolute atomic E-state index is 12.7. The molecule has 0 aliphatic carbocycles. The van der Waals surface area contributed by atoms with Crippen LogP contribution in [0.15, 0.2) is 78.9 Å². The second kappa shape index (κ2) is 12.7. The predicted molar refractivity (Wildman–Crippen MR) is 144 cm³/mol. The van der Waals surface area contributed by atoms with Gasteiger partial charge in [0, 0.05) is 35.7 Å². The molecule has 1 aliphatic heterocycles. The molecule has 1 saturated heterocycles. The van der Waals surface area contributed by atoms with Gasteiger partial charge in [-0.15, -0.1) is 0 Å². The van der Waals surface area contributed by atoms with Crippen LogP contribution in [0.4, 0.5) is 11.4 Å². The zero-order valence-electron chi connectivity index (χ0n) is 20.8. The van der Waals surface area contributed by atoms with E-state index in [0.29, 0.717) is 29.0 Å². The maximum Gasteiger partial charge on any atom is 0.251 e. The van der Waals surface area contributed by atoms with Crippen LogP contribution in [0.2, 0.25) is 0 Å². The SMILES string of the molecule is CC(NC(=O)c1cccc(NC(=O)CNc2ccc(C(=O)NCC3CCCO3)cc2)c1)c1ccccc1. The van der Waals surface area contributed by atoms with Crippen LogP contribution in [0.1, 0.15) is 52.1 Å². The van der Waals surface area contributed by atoms with E-state index in [1.54, 1.807) is 48.5 Å². The Balaban J connectivity index is 1.23. The van der Waals surface area contributed by atoms with Crippen molar-refractivity contribution in [2.45, 2.75) is 31.9 Å². The zero-order chi connectivity index (χ0) is 26.0. The van der Waals surface area contributed by atoms with Gasteiger partial charge in [0.05, 0.1) is 18.7 Å². The molecular formula is C29H32N4O4. The molecule has 8 heteroatoms. The highest BCUT2D eigenvalue weighted by atomic mass is 16.5. The number of rotatable bonds is 10. The Morgan fingerprint density at radius 2 is 1.68 bits per heavy atom. The molecule has 3 aromatic rings. The van der Waals surface area contributed by atoms with E-state index >= 15 is 0 Å². The van der Waals surface area contributed by atoms with E-state index < -0.39 is 0 Å². The molecule has 192 valence electrons. The van der Waals surface area contributed by atoms with E-state index in [1.807, 2.05) is 37.3 Å². The third-order valence-electron chi connectivity index (χ3n) is 6.17. The van der Waals surface area contributed by atoms with Gasteiger partial charge in [0.2, 0.25) is 5.91 Å². The largest absolute Gasteiger partial charge is 0.376 e. The molecule has 0 spiro atoms. The second-order valence-electron chi connectivity index (χ2n) is 9.01. The first-order chi connectivity index (χ1) is 18.0. The summed E-state index contributed by atoms with van der Waals surface area (Å²) in [7, 11) is 0. The lowest BCUT2D eigenvalue weighted by Gasteiger charge is -2.15. The molecule has 0 saturated carbocycles. The van der Waals surface area contributed by atoms with E-state index in [2.05, 4.69) is 21.3 Å². The minimum Gasteiger partial charge on any atom is -0.376 e. The Labute approximate surface area is 216 Å². The molecule has 0 bridgehead atoms. The molecule has 1 heterocycles. The monoisotopic (exact) mass is 500 g/mol. The quantitative estimate of drug-likeness (QED) is 0.335. The number of benzene rings is 3. The fourth-order valence-corrected chi connectivity index (χ4v) is 4.08. The Kier molecular flexibility index (Phi) is 8.89. The normalized spacial score (nSPS) is 15.4. The first-order valence-corrected chi connectivity index (χ1v) is 12.5. The maximum atomic E-state index is 12.7. The van der Waals surface area contributed by atoms with E-state index in [4.69, 9.17) is 4.74 Å². The summed E-state index contributed by atoms with van der Waals surface area (Å²) in [4.78, 5) is 37.5. The number of carbonyl (C=O) groups excluding carboxylic acids is 3. The van der Waals surface area contributed by atoms with Gasteiger partial charge in [-0.25, -0.2) is 0 Å². The van der Waals surface area contributed by atoms with Crippen molar-refractivity contribution in [2.24, 2.45) is 0 Å². The van der Waals surface area contributed by atoms with Crippen molar-refractivity contribution in [3.63, 3.8) is 0 Å². The third kappa shape index (κ3) is 7.65. The van der Waals surface area contributed by atoms with Crippen LogP contribution in [0.5, 0.6) is 0 Å². The summed E-state index contributed by atoms with van der Waals surface area (Å²) in [5, 5.41) is 11.7. The first-order valence-electron chi connectivity index (χ1n) is 12.5. The van der Waals surface area contributed by atoms with Crippen LogP contribution in [0.3, 0.4) is 0 Å². The predicted octanol–water partition coefficient (Wildman–Crippen LogP) is 4.14. The molecule has 4 rings (SSSR count). The molecule has 2 atom stereocenters. The molecule has 4 N–H and O–H groups in total. The topological polar surface area (TPSA) is 109 Å². The smallest absolute Gasteiger partial charge is 0.251 e. The van der Waals surface area contributed by atoms with Crippen molar-refractivity contribution in [3.05, 3.63) is 95.6 Å². The Hall–Kier alpha value is -4.17. The van der Waals surface area contributed by atoms with Crippen molar-refractivity contribution in [1.29, 1.82) is 0 Å². The fourth-order valence-electron chi connectivity index (χ4n) is 4.08. The molecule has 2 unspecified atom stereocenters. The molecular weight excluding hydrogens is 468 g/mol. The van der Waals surface area contributed by atoms with Gasteiger partial charge in [-0.1, -0.05) is 36.4 Å². The van der Waals surface area contributed by atoms with Crippen molar-refractivity contribution in [3.8, 4) is 0 Å². The van der Waals surface area contributed by atoms with Crippen molar-refractivity contribution in [2.75, 3.05) is 30.3 Å². The lowest BCUT2D eigenvalue weighted by molar-refractivity contribution is -0.114. The standard InChI is InChI=1S/C29H32N4O4/c1-20(21-7-3-2-4-8-21)32-29(36)23-9-5-10-25(17-23)33-27(34)19-30-24-14-12-22(13-15-24)28(35)31-18-26-11-6-16-37-26/h2-5,7-10,12-15,17,20,26,30H,6,11,16,18-19H2,1H3,(H,31,35)(H,32,36)(H,33,34). The zero-order valence-corrected chi connectivity index (χ0v) is 20.8. The summed E-state index contributed by atoms with van der Waals surface area (Å²) in [6, 6.07) is 23.3. The molecule has 0 radical (unpaired) electrons. The van der Waals surface area contributed by atoms with Gasteiger partial charge in [0.15, 0.2) is 0 Å². The minimum absolute atomic E-state index is 0.0338. The van der Waals surface area contributed by atoms with Gasteiger partial charge in [0.25, 0.3) is 11.8 Å². The third-order valence-corrected chi connectivity index (χ3v) is 6.17. The number of carbonyl (C=O) groups is 3. The van der Waals surface area contributed by atoms with Crippen LogP contribution in [-0.2, 0) is 9.53 Å². The summed E-state index contributed by atoms with van der Waals surface area (Å²) in [5.41, 5.74) is 3.27. The number of hydrogen-bond acceptors (Lipinski definition) is 5. The van der Waals surface area contributed by atoms with Crippen LogP contribution in [0, 0.1) is 0 Å². The Morgan fingerprint density at radius 1 is 0.892 bits per heavy atom.